The number of hydrogen-bond donors (Lipinski definition) is 3. The third kappa shape index (κ3) is 4.58. The number of hydrogen-bond acceptors (Lipinski definition) is 7. The van der Waals surface area contributed by atoms with E-state index in [9.17, 15) is 15.0 Å². The first-order valence-electron chi connectivity index (χ1n) is 11.3. The molecule has 1 saturated carbocycles. The topological polar surface area (TPSA) is 127 Å². The molecule has 178 valence electrons. The highest BCUT2D eigenvalue weighted by Gasteiger charge is 2.31. The van der Waals surface area contributed by atoms with Gasteiger partial charge in [0.2, 0.25) is 5.95 Å². The summed E-state index contributed by atoms with van der Waals surface area (Å²) >= 11 is 0. The van der Waals surface area contributed by atoms with Crippen molar-refractivity contribution in [2.75, 3.05) is 19.0 Å². The van der Waals surface area contributed by atoms with Crippen LogP contribution in [-0.4, -0.2) is 66.4 Å². The molecule has 0 saturated heterocycles. The van der Waals surface area contributed by atoms with Crippen molar-refractivity contribution in [2.45, 2.75) is 70.1 Å². The number of carboxylic acid groups (broad SMARTS) is 1. The Morgan fingerprint density at radius 3 is 2.70 bits per heavy atom. The number of anilines is 1. The number of aromatic nitrogens is 5. The van der Waals surface area contributed by atoms with E-state index >= 15 is 0 Å². The molecule has 3 N–H and O–H groups in total. The minimum absolute atomic E-state index is 0.0484. The molecule has 3 aromatic rings. The molecule has 1 atom stereocenters. The fraction of sp³-hybridized carbons (Fsp3) is 0.565. The lowest BCUT2D eigenvalue weighted by Gasteiger charge is -2.25. The zero-order valence-electron chi connectivity index (χ0n) is 19.5. The van der Waals surface area contributed by atoms with Crippen LogP contribution in [0.25, 0.3) is 16.6 Å². The predicted octanol–water partition coefficient (Wildman–Crippen LogP) is 2.88. The van der Waals surface area contributed by atoms with Gasteiger partial charge in [-0.25, -0.2) is 14.3 Å². The van der Waals surface area contributed by atoms with Gasteiger partial charge in [-0.2, -0.15) is 5.10 Å². The van der Waals surface area contributed by atoms with Crippen molar-refractivity contribution in [2.24, 2.45) is 0 Å². The summed E-state index contributed by atoms with van der Waals surface area (Å²) in [5.41, 5.74) is 2.43. The van der Waals surface area contributed by atoms with E-state index in [4.69, 9.17) is 9.84 Å². The standard InChI is InChI=1S/C23H32N6O4/c1-14(13-33-4)26-22-24-11-20-18(16-10-25-28(12-16)23(2,3)21(31)32)9-19(29(20)27-22)15-5-7-17(30)8-6-15/h9-12,14-15,17,30H,5-8,13H2,1-4H3,(H,26,27)(H,31,32)/t14?,15-,17-. The van der Waals surface area contributed by atoms with E-state index in [1.807, 2.05) is 11.4 Å². The lowest BCUT2D eigenvalue weighted by atomic mass is 9.85. The summed E-state index contributed by atoms with van der Waals surface area (Å²) in [5, 5.41) is 31.9. The van der Waals surface area contributed by atoms with E-state index < -0.39 is 11.5 Å². The van der Waals surface area contributed by atoms with Crippen LogP contribution in [-0.2, 0) is 15.1 Å². The molecular formula is C23H32N6O4. The molecule has 0 amide bonds. The van der Waals surface area contributed by atoms with Crippen molar-refractivity contribution in [3.05, 3.63) is 30.4 Å². The summed E-state index contributed by atoms with van der Waals surface area (Å²) < 4.78 is 8.59. The molecule has 1 unspecified atom stereocenters. The number of ether oxygens (including phenoxy) is 1. The van der Waals surface area contributed by atoms with Crippen molar-refractivity contribution in [1.29, 1.82) is 0 Å². The molecule has 0 bridgehead atoms. The Hall–Kier alpha value is -2.98. The minimum Gasteiger partial charge on any atom is -0.479 e. The van der Waals surface area contributed by atoms with Gasteiger partial charge in [-0.15, -0.1) is 5.10 Å². The summed E-state index contributed by atoms with van der Waals surface area (Å²) in [6.45, 7) is 5.76. The van der Waals surface area contributed by atoms with Gasteiger partial charge in [-0.05, 0) is 52.5 Å². The van der Waals surface area contributed by atoms with E-state index in [1.165, 1.54) is 4.68 Å². The first kappa shape index (κ1) is 23.2. The van der Waals surface area contributed by atoms with Crippen LogP contribution in [0.2, 0.25) is 0 Å². The zero-order chi connectivity index (χ0) is 23.8. The molecule has 10 nitrogen and oxygen atoms in total. The predicted molar refractivity (Wildman–Crippen MR) is 123 cm³/mol. The number of carbonyl (C=O) groups is 1. The number of carboxylic acids is 1. The van der Waals surface area contributed by atoms with Gasteiger partial charge in [0, 0.05) is 42.1 Å². The fourth-order valence-electron chi connectivity index (χ4n) is 4.35. The maximum absolute atomic E-state index is 11.7. The number of nitrogens with zero attached hydrogens (tertiary/aromatic N) is 5. The molecule has 33 heavy (non-hydrogen) atoms. The number of aliphatic hydroxyl groups excluding tert-OH is 1. The fourth-order valence-corrected chi connectivity index (χ4v) is 4.35. The number of aliphatic hydroxyl groups is 1. The van der Waals surface area contributed by atoms with Crippen molar-refractivity contribution in [3.8, 4) is 11.1 Å². The number of fused-ring (bicyclic) bond motifs is 1. The average Bonchev–Trinajstić information content (AvgIpc) is 3.40. The van der Waals surface area contributed by atoms with Crippen LogP contribution in [0.3, 0.4) is 0 Å². The monoisotopic (exact) mass is 456 g/mol. The minimum atomic E-state index is -1.17. The quantitative estimate of drug-likeness (QED) is 0.472. The van der Waals surface area contributed by atoms with Gasteiger partial charge in [0.25, 0.3) is 0 Å². The largest absolute Gasteiger partial charge is 0.479 e. The molecule has 1 aliphatic carbocycles. The summed E-state index contributed by atoms with van der Waals surface area (Å²) in [6.07, 6.45) is 8.26. The molecule has 3 aromatic heterocycles. The number of nitrogens with one attached hydrogen (secondary N) is 1. The Morgan fingerprint density at radius 2 is 2.03 bits per heavy atom. The van der Waals surface area contributed by atoms with Gasteiger partial charge >= 0.3 is 5.97 Å². The Kier molecular flexibility index (Phi) is 6.40. The molecule has 0 aromatic carbocycles. The van der Waals surface area contributed by atoms with Crippen LogP contribution in [0.5, 0.6) is 0 Å². The van der Waals surface area contributed by atoms with E-state index in [0.29, 0.717) is 12.6 Å². The smallest absolute Gasteiger partial charge is 0.331 e. The second kappa shape index (κ2) is 9.11. The highest BCUT2D eigenvalue weighted by molar-refractivity contribution is 5.81. The lowest BCUT2D eigenvalue weighted by Crippen LogP contribution is -2.35. The maximum Gasteiger partial charge on any atom is 0.331 e. The van der Waals surface area contributed by atoms with E-state index in [2.05, 4.69) is 21.5 Å². The van der Waals surface area contributed by atoms with Crippen LogP contribution < -0.4 is 5.32 Å². The molecular weight excluding hydrogens is 424 g/mol. The molecule has 1 aliphatic rings. The molecule has 1 fully saturated rings. The lowest BCUT2D eigenvalue weighted by molar-refractivity contribution is -0.146. The van der Waals surface area contributed by atoms with Crippen molar-refractivity contribution in [3.63, 3.8) is 0 Å². The van der Waals surface area contributed by atoms with Gasteiger partial charge in [0.05, 0.1) is 30.6 Å². The van der Waals surface area contributed by atoms with Crippen LogP contribution in [0.4, 0.5) is 5.95 Å². The molecule has 0 radical (unpaired) electrons. The van der Waals surface area contributed by atoms with Crippen LogP contribution in [0.1, 0.15) is 58.1 Å². The van der Waals surface area contributed by atoms with E-state index in [1.54, 1.807) is 39.5 Å². The Bertz CT molecular complexity index is 1130. The van der Waals surface area contributed by atoms with Crippen molar-refractivity contribution in [1.82, 2.24) is 24.4 Å². The Labute approximate surface area is 192 Å². The summed E-state index contributed by atoms with van der Waals surface area (Å²) in [6, 6.07) is 2.15. The van der Waals surface area contributed by atoms with Gasteiger partial charge < -0.3 is 20.3 Å². The number of methoxy groups -OCH3 is 1. The summed E-state index contributed by atoms with van der Waals surface area (Å²) in [7, 11) is 1.65. The Balaban J connectivity index is 1.77. The second-order valence-corrected chi connectivity index (χ2v) is 9.41. The molecule has 4 rings (SSSR count). The molecule has 0 aliphatic heterocycles. The van der Waals surface area contributed by atoms with Crippen molar-refractivity contribution >= 4 is 17.4 Å². The summed E-state index contributed by atoms with van der Waals surface area (Å²) in [4.78, 5) is 16.2. The van der Waals surface area contributed by atoms with Gasteiger partial charge in [-0.3, -0.25) is 4.68 Å². The third-order valence-corrected chi connectivity index (χ3v) is 6.44. The van der Waals surface area contributed by atoms with Crippen LogP contribution >= 0.6 is 0 Å². The Morgan fingerprint density at radius 1 is 1.30 bits per heavy atom. The van der Waals surface area contributed by atoms with Crippen LogP contribution in [0.15, 0.2) is 24.7 Å². The number of aliphatic carboxylic acids is 1. The van der Waals surface area contributed by atoms with Gasteiger partial charge in [0.15, 0.2) is 5.54 Å². The van der Waals surface area contributed by atoms with Gasteiger partial charge in [-0.1, -0.05) is 0 Å². The van der Waals surface area contributed by atoms with Gasteiger partial charge in [0.1, 0.15) is 0 Å². The highest BCUT2D eigenvalue weighted by Crippen LogP contribution is 2.37. The first-order chi connectivity index (χ1) is 15.7. The first-order valence-corrected chi connectivity index (χ1v) is 11.3. The maximum atomic E-state index is 11.7. The molecule has 0 spiro atoms. The second-order valence-electron chi connectivity index (χ2n) is 9.41. The highest BCUT2D eigenvalue weighted by atomic mass is 16.5. The van der Waals surface area contributed by atoms with E-state index in [0.717, 1.165) is 48.0 Å². The normalized spacial score (nSPS) is 20.2. The van der Waals surface area contributed by atoms with Crippen molar-refractivity contribution < 1.29 is 19.7 Å². The third-order valence-electron chi connectivity index (χ3n) is 6.44. The van der Waals surface area contributed by atoms with Crippen LogP contribution in [0, 0.1) is 0 Å². The average molecular weight is 457 g/mol. The van der Waals surface area contributed by atoms with E-state index in [-0.39, 0.29) is 18.1 Å². The molecule has 10 heteroatoms. The zero-order valence-corrected chi connectivity index (χ0v) is 19.5. The summed E-state index contributed by atoms with van der Waals surface area (Å²) in [5.74, 6) is -0.183. The SMILES string of the molecule is COCC(C)Nc1ncc2c(-c3cnn(C(C)(C)C(=O)O)c3)cc([C@H]3CC[C@H](O)CC3)n2n1. The number of rotatable bonds is 8. The molecule has 3 heterocycles.